The van der Waals surface area contributed by atoms with Crippen molar-refractivity contribution in [3.05, 3.63) is 77.3 Å². The zero-order chi connectivity index (χ0) is 27.4. The van der Waals surface area contributed by atoms with Crippen LogP contribution in [0, 0.1) is 18.8 Å². The highest BCUT2D eigenvalue weighted by molar-refractivity contribution is 8.02. The number of rotatable bonds is 8. The van der Waals surface area contributed by atoms with E-state index in [9.17, 15) is 24.6 Å². The van der Waals surface area contributed by atoms with Gasteiger partial charge in [0.15, 0.2) is 0 Å². The number of nitrogens with zero attached hydrogens (tertiary/aromatic N) is 2. The van der Waals surface area contributed by atoms with Crippen LogP contribution in [0.4, 0.5) is 5.69 Å². The van der Waals surface area contributed by atoms with Crippen molar-refractivity contribution in [2.45, 2.75) is 48.3 Å². The lowest BCUT2D eigenvalue weighted by Crippen LogP contribution is -2.56. The number of carbonyl (C=O) groups is 3. The van der Waals surface area contributed by atoms with E-state index in [4.69, 9.17) is 11.6 Å². The van der Waals surface area contributed by atoms with Crippen molar-refractivity contribution in [3.63, 3.8) is 0 Å². The minimum Gasteiger partial charge on any atom is -0.481 e. The summed E-state index contributed by atoms with van der Waals surface area (Å²) in [6.07, 6.45) is 2.72. The number of carboxylic acids is 1. The molecule has 3 aliphatic heterocycles. The van der Waals surface area contributed by atoms with E-state index >= 15 is 0 Å². The molecule has 9 heteroatoms. The van der Waals surface area contributed by atoms with Crippen LogP contribution >= 0.6 is 23.4 Å². The van der Waals surface area contributed by atoms with Gasteiger partial charge in [-0.25, -0.2) is 0 Å². The Kier molecular flexibility index (Phi) is 6.86. The van der Waals surface area contributed by atoms with E-state index < -0.39 is 51.9 Å². The number of aryl methyl sites for hydroxylation is 1. The van der Waals surface area contributed by atoms with Crippen LogP contribution in [0.15, 0.2) is 61.2 Å². The number of amides is 2. The van der Waals surface area contributed by atoms with E-state index in [1.807, 2.05) is 56.3 Å². The minimum atomic E-state index is -1.03. The van der Waals surface area contributed by atoms with Crippen molar-refractivity contribution in [2.24, 2.45) is 11.8 Å². The fraction of sp³-hybridized carbons (Fsp3) is 0.414. The van der Waals surface area contributed by atoms with Gasteiger partial charge in [-0.15, -0.1) is 18.3 Å². The molecule has 2 aromatic rings. The predicted molar refractivity (Wildman–Crippen MR) is 148 cm³/mol. The smallest absolute Gasteiger partial charge is 0.308 e. The third kappa shape index (κ3) is 3.80. The molecule has 0 radical (unpaired) electrons. The number of para-hydroxylation sites is 1. The number of likely N-dealkylation sites (tertiary alicyclic amines) is 1. The lowest BCUT2D eigenvalue weighted by atomic mass is 9.66. The van der Waals surface area contributed by atoms with Gasteiger partial charge in [0.25, 0.3) is 5.91 Å². The Balaban J connectivity index is 1.70. The van der Waals surface area contributed by atoms with Crippen molar-refractivity contribution in [3.8, 4) is 0 Å². The summed E-state index contributed by atoms with van der Waals surface area (Å²) in [7, 11) is 0. The van der Waals surface area contributed by atoms with E-state index in [1.54, 1.807) is 17.0 Å². The van der Waals surface area contributed by atoms with Crippen LogP contribution in [0.1, 0.15) is 36.9 Å². The highest BCUT2D eigenvalue weighted by Crippen LogP contribution is 2.72. The molecule has 2 amide bonds. The van der Waals surface area contributed by atoms with Gasteiger partial charge in [0.1, 0.15) is 6.04 Å². The molecule has 2 N–H and O–H groups in total. The van der Waals surface area contributed by atoms with Crippen molar-refractivity contribution in [1.82, 2.24) is 4.90 Å². The second-order valence-electron chi connectivity index (χ2n) is 10.6. The molecule has 3 fully saturated rings. The highest BCUT2D eigenvalue weighted by atomic mass is 35.5. The van der Waals surface area contributed by atoms with Crippen molar-refractivity contribution < 1.29 is 24.6 Å². The first-order valence-electron chi connectivity index (χ1n) is 12.7. The molecule has 3 aliphatic rings. The number of aliphatic hydroxyl groups excluding tert-OH is 1. The Hall–Kier alpha value is -2.81. The Morgan fingerprint density at radius 1 is 1.24 bits per heavy atom. The molecule has 3 heterocycles. The summed E-state index contributed by atoms with van der Waals surface area (Å²) in [5.74, 6) is -3.59. The van der Waals surface area contributed by atoms with Gasteiger partial charge in [0.2, 0.25) is 5.91 Å². The molecule has 3 saturated heterocycles. The summed E-state index contributed by atoms with van der Waals surface area (Å²) in [5, 5.41) is 21.2. The number of aliphatic hydroxyl groups is 1. The molecule has 200 valence electrons. The average molecular weight is 555 g/mol. The van der Waals surface area contributed by atoms with Gasteiger partial charge in [0, 0.05) is 11.3 Å². The summed E-state index contributed by atoms with van der Waals surface area (Å²) in [6, 6.07) is 12.7. The zero-order valence-corrected chi connectivity index (χ0v) is 22.9. The van der Waals surface area contributed by atoms with E-state index in [0.717, 1.165) is 5.56 Å². The molecule has 2 aromatic carbocycles. The number of anilines is 1. The fourth-order valence-corrected chi connectivity index (χ4v) is 9.57. The number of carboxylic acid groups (broad SMARTS) is 1. The van der Waals surface area contributed by atoms with Crippen molar-refractivity contribution >= 4 is 46.8 Å². The summed E-state index contributed by atoms with van der Waals surface area (Å²) >= 11 is 8.07. The van der Waals surface area contributed by atoms with Crippen molar-refractivity contribution in [1.29, 1.82) is 0 Å². The molecule has 1 spiro atoms. The summed E-state index contributed by atoms with van der Waals surface area (Å²) in [5.41, 5.74) is 2.00. The predicted octanol–water partition coefficient (Wildman–Crippen LogP) is 4.47. The Bertz CT molecular complexity index is 1280. The van der Waals surface area contributed by atoms with Crippen LogP contribution in [-0.4, -0.2) is 61.6 Å². The number of hydrogen-bond acceptors (Lipinski definition) is 5. The van der Waals surface area contributed by atoms with Crippen LogP contribution in [0.25, 0.3) is 0 Å². The largest absolute Gasteiger partial charge is 0.481 e. The summed E-state index contributed by atoms with van der Waals surface area (Å²) in [4.78, 5) is 44.6. The fourth-order valence-electron chi connectivity index (χ4n) is 6.92. The average Bonchev–Trinajstić information content (AvgIpc) is 3.45. The Labute approximate surface area is 231 Å². The molecule has 0 aliphatic carbocycles. The highest BCUT2D eigenvalue weighted by Gasteiger charge is 2.78. The molecule has 5 rings (SSSR count). The third-order valence-electron chi connectivity index (χ3n) is 8.44. The van der Waals surface area contributed by atoms with Crippen LogP contribution in [0.5, 0.6) is 0 Å². The molecule has 0 saturated carbocycles. The van der Waals surface area contributed by atoms with E-state index in [1.165, 1.54) is 16.7 Å². The molecule has 6 atom stereocenters. The maximum atomic E-state index is 14.7. The number of hydrogen-bond donors (Lipinski definition) is 2. The minimum absolute atomic E-state index is 0.155. The monoisotopic (exact) mass is 554 g/mol. The molecule has 7 nitrogen and oxygen atoms in total. The van der Waals surface area contributed by atoms with Gasteiger partial charge in [0.05, 0.1) is 39.9 Å². The SMILES string of the molecule is C=CCN(C(=O)C1N([C@H](CO)c2ccccc2)C(=O)[C@@H]2[C@@H](C(=O)O)[C@@]3(C)CCC12S3)c1c(C)cccc1Cl. The third-order valence-corrected chi connectivity index (χ3v) is 10.7. The van der Waals surface area contributed by atoms with Gasteiger partial charge >= 0.3 is 5.97 Å². The van der Waals surface area contributed by atoms with E-state index in [-0.39, 0.29) is 12.5 Å². The lowest BCUT2D eigenvalue weighted by molar-refractivity contribution is -0.150. The second kappa shape index (κ2) is 9.74. The Morgan fingerprint density at radius 2 is 1.95 bits per heavy atom. The first-order chi connectivity index (χ1) is 18.1. The summed E-state index contributed by atoms with van der Waals surface area (Å²) < 4.78 is -1.61. The van der Waals surface area contributed by atoms with Crippen LogP contribution in [0.3, 0.4) is 0 Å². The molecular weight excluding hydrogens is 524 g/mol. The number of halogens is 1. The first-order valence-corrected chi connectivity index (χ1v) is 13.9. The van der Waals surface area contributed by atoms with Gasteiger partial charge in [-0.05, 0) is 43.9 Å². The van der Waals surface area contributed by atoms with Crippen LogP contribution in [-0.2, 0) is 14.4 Å². The van der Waals surface area contributed by atoms with Gasteiger partial charge in [-0.2, -0.15) is 0 Å². The maximum Gasteiger partial charge on any atom is 0.308 e. The van der Waals surface area contributed by atoms with Crippen LogP contribution in [0.2, 0.25) is 5.02 Å². The normalized spacial score (nSPS) is 30.3. The lowest BCUT2D eigenvalue weighted by Gasteiger charge is -2.40. The maximum absolute atomic E-state index is 14.7. The second-order valence-corrected chi connectivity index (χ2v) is 12.9. The van der Waals surface area contributed by atoms with E-state index in [0.29, 0.717) is 29.1 Å². The standard InChI is InChI=1S/C29H31ClN2O5S/c1-4-15-31(23-17(2)9-8-12-19(23)30)26(35)24-29-14-13-28(3,38-29)22(27(36)37)21(29)25(34)32(24)20(16-33)18-10-6-5-7-11-18/h4-12,20-22,24,33H,1,13-16H2,2-3H3,(H,36,37)/t20-,21+,22+,24?,28-,29?/m1/s1. The molecular formula is C29H31ClN2O5S. The zero-order valence-electron chi connectivity index (χ0n) is 21.3. The summed E-state index contributed by atoms with van der Waals surface area (Å²) in [6.45, 7) is 7.35. The number of aliphatic carboxylic acids is 1. The number of thioether (sulfide) groups is 1. The number of fused-ring (bicyclic) bond motifs is 1. The van der Waals surface area contributed by atoms with Crippen LogP contribution < -0.4 is 4.90 Å². The van der Waals surface area contributed by atoms with E-state index in [2.05, 4.69) is 6.58 Å². The molecule has 0 aromatic heterocycles. The number of carbonyl (C=O) groups excluding carboxylic acids is 2. The Morgan fingerprint density at radius 3 is 2.55 bits per heavy atom. The van der Waals surface area contributed by atoms with Crippen molar-refractivity contribution in [2.75, 3.05) is 18.1 Å². The quantitative estimate of drug-likeness (QED) is 0.467. The molecule has 2 unspecified atom stereocenters. The van der Waals surface area contributed by atoms with Gasteiger partial charge in [-0.1, -0.05) is 60.1 Å². The first kappa shape index (κ1) is 26.8. The van der Waals surface area contributed by atoms with Gasteiger partial charge < -0.3 is 20.0 Å². The molecule has 2 bridgehead atoms. The number of benzene rings is 2. The molecule has 38 heavy (non-hydrogen) atoms. The van der Waals surface area contributed by atoms with Gasteiger partial charge in [-0.3, -0.25) is 14.4 Å². The topological polar surface area (TPSA) is 98.2 Å².